The van der Waals surface area contributed by atoms with Crippen LogP contribution in [0.25, 0.3) is 0 Å². The van der Waals surface area contributed by atoms with Gasteiger partial charge in [-0.1, -0.05) is 33.7 Å². The van der Waals surface area contributed by atoms with E-state index in [0.29, 0.717) is 11.5 Å². The van der Waals surface area contributed by atoms with Crippen molar-refractivity contribution in [1.29, 1.82) is 0 Å². The zero-order valence-corrected chi connectivity index (χ0v) is 14.4. The van der Waals surface area contributed by atoms with Crippen LogP contribution in [0.2, 0.25) is 0 Å². The van der Waals surface area contributed by atoms with Gasteiger partial charge in [0, 0.05) is 20.1 Å². The Balaban J connectivity index is 2.15. The van der Waals surface area contributed by atoms with Gasteiger partial charge in [-0.15, -0.1) is 0 Å². The molecule has 0 heterocycles. The molecule has 0 radical (unpaired) electrons. The van der Waals surface area contributed by atoms with Crippen LogP contribution < -0.4 is 9.68 Å². The van der Waals surface area contributed by atoms with Crippen molar-refractivity contribution in [3.63, 3.8) is 0 Å². The SMILES string of the molecule is Cc1ccc(ON=C=O)cc1SSc1cc(ON=C=O)ccc1C. The highest BCUT2D eigenvalue weighted by molar-refractivity contribution is 8.76. The minimum Gasteiger partial charge on any atom is -0.346 e. The first-order valence-electron chi connectivity index (χ1n) is 6.68. The van der Waals surface area contributed by atoms with Crippen LogP contribution in [0.4, 0.5) is 0 Å². The molecule has 8 heteroatoms. The highest BCUT2D eigenvalue weighted by Crippen LogP contribution is 2.42. The lowest BCUT2D eigenvalue weighted by Gasteiger charge is -2.09. The predicted octanol–water partition coefficient (Wildman–Crippen LogP) is 4.36. The first-order valence-corrected chi connectivity index (χ1v) is 8.83. The number of hydrogen-bond donors (Lipinski definition) is 0. The Morgan fingerprint density at radius 3 is 1.58 bits per heavy atom. The Labute approximate surface area is 146 Å². The van der Waals surface area contributed by atoms with E-state index in [0.717, 1.165) is 20.9 Å². The second kappa shape index (κ2) is 8.96. The van der Waals surface area contributed by atoms with E-state index in [1.807, 2.05) is 26.0 Å². The van der Waals surface area contributed by atoms with Crippen molar-refractivity contribution in [2.24, 2.45) is 10.3 Å². The maximum absolute atomic E-state index is 10.1. The van der Waals surface area contributed by atoms with Crippen LogP contribution in [0.5, 0.6) is 11.5 Å². The van der Waals surface area contributed by atoms with Crippen molar-refractivity contribution in [3.8, 4) is 11.5 Å². The lowest BCUT2D eigenvalue weighted by atomic mass is 10.2. The summed E-state index contributed by atoms with van der Waals surface area (Å²) in [5.74, 6) is 0.919. The highest BCUT2D eigenvalue weighted by atomic mass is 33.1. The summed E-state index contributed by atoms with van der Waals surface area (Å²) in [5, 5.41) is 6.21. The van der Waals surface area contributed by atoms with Crippen LogP contribution in [0.1, 0.15) is 11.1 Å². The number of nitrogens with zero attached hydrogens (tertiary/aromatic N) is 2. The fraction of sp³-hybridized carbons (Fsp3) is 0.125. The van der Waals surface area contributed by atoms with Crippen molar-refractivity contribution < 1.29 is 19.3 Å². The number of hydrogen-bond acceptors (Lipinski definition) is 8. The topological polar surface area (TPSA) is 77.3 Å². The van der Waals surface area contributed by atoms with Gasteiger partial charge in [0.25, 0.3) is 12.2 Å². The van der Waals surface area contributed by atoms with Crippen molar-refractivity contribution in [2.75, 3.05) is 0 Å². The van der Waals surface area contributed by atoms with E-state index >= 15 is 0 Å². The molecule has 0 fully saturated rings. The van der Waals surface area contributed by atoms with Gasteiger partial charge in [0.1, 0.15) is 0 Å². The zero-order chi connectivity index (χ0) is 17.4. The van der Waals surface area contributed by atoms with Gasteiger partial charge in [0.2, 0.25) is 0 Å². The molecule has 122 valence electrons. The van der Waals surface area contributed by atoms with E-state index in [4.69, 9.17) is 9.68 Å². The van der Waals surface area contributed by atoms with E-state index in [-0.39, 0.29) is 0 Å². The van der Waals surface area contributed by atoms with E-state index in [2.05, 4.69) is 10.3 Å². The van der Waals surface area contributed by atoms with Gasteiger partial charge in [0.05, 0.1) is 0 Å². The molecule has 2 aromatic rings. The monoisotopic (exact) mass is 360 g/mol. The third-order valence-electron chi connectivity index (χ3n) is 2.92. The quantitative estimate of drug-likeness (QED) is 0.316. The Hall–Kier alpha value is -2.50. The summed E-state index contributed by atoms with van der Waals surface area (Å²) in [6.45, 7) is 3.95. The molecular weight excluding hydrogens is 348 g/mol. The van der Waals surface area contributed by atoms with Gasteiger partial charge in [-0.05, 0) is 49.2 Å². The maximum Gasteiger partial charge on any atom is 0.277 e. The number of isocyanates is 2. The molecule has 0 N–H and O–H groups in total. The van der Waals surface area contributed by atoms with Crippen molar-refractivity contribution in [3.05, 3.63) is 47.5 Å². The van der Waals surface area contributed by atoms with Crippen molar-refractivity contribution >= 4 is 33.7 Å². The van der Waals surface area contributed by atoms with Gasteiger partial charge < -0.3 is 9.68 Å². The minimum absolute atomic E-state index is 0.459. The van der Waals surface area contributed by atoms with Crippen LogP contribution in [0, 0.1) is 13.8 Å². The molecule has 2 aromatic carbocycles. The number of carbonyl (C=O) groups excluding carboxylic acids is 2. The molecule has 6 nitrogen and oxygen atoms in total. The molecule has 24 heavy (non-hydrogen) atoms. The number of rotatable bonds is 7. The zero-order valence-electron chi connectivity index (χ0n) is 12.8. The van der Waals surface area contributed by atoms with Crippen LogP contribution in [-0.2, 0) is 9.59 Å². The maximum atomic E-state index is 10.1. The lowest BCUT2D eigenvalue weighted by Crippen LogP contribution is -1.86. The average Bonchev–Trinajstić information content (AvgIpc) is 2.59. The van der Waals surface area contributed by atoms with Gasteiger partial charge >= 0.3 is 0 Å². The lowest BCUT2D eigenvalue weighted by molar-refractivity contribution is 0.336. The summed E-state index contributed by atoms with van der Waals surface area (Å²) in [5.41, 5.74) is 2.12. The summed E-state index contributed by atoms with van der Waals surface area (Å²) in [6.07, 6.45) is 2.66. The molecule has 0 aromatic heterocycles. The summed E-state index contributed by atoms with van der Waals surface area (Å²) < 4.78 is 0. The largest absolute Gasteiger partial charge is 0.346 e. The fourth-order valence-electron chi connectivity index (χ4n) is 1.69. The Bertz CT molecular complexity index is 759. The smallest absolute Gasteiger partial charge is 0.277 e. The summed E-state index contributed by atoms with van der Waals surface area (Å²) >= 11 is 0. The van der Waals surface area contributed by atoms with E-state index < -0.39 is 0 Å². The van der Waals surface area contributed by atoms with E-state index in [1.165, 1.54) is 33.7 Å². The molecule has 0 atom stereocenters. The molecule has 0 aliphatic rings. The highest BCUT2D eigenvalue weighted by Gasteiger charge is 2.07. The second-order valence-electron chi connectivity index (χ2n) is 4.57. The van der Waals surface area contributed by atoms with E-state index in [9.17, 15) is 9.59 Å². The molecule has 0 unspecified atom stereocenters. The van der Waals surface area contributed by atoms with E-state index in [1.54, 1.807) is 24.3 Å². The Kier molecular flexibility index (Phi) is 6.66. The van der Waals surface area contributed by atoms with Gasteiger partial charge in [-0.2, -0.15) is 0 Å². The van der Waals surface area contributed by atoms with Crippen LogP contribution in [0.3, 0.4) is 0 Å². The standard InChI is InChI=1S/C16H12N2O4S2/c1-11-3-5-13(21-17-9-19)7-15(11)23-24-16-8-14(22-18-10-20)6-4-12(16)2/h3-8H,1-2H3. The third-order valence-corrected chi connectivity index (χ3v) is 5.57. The Morgan fingerprint density at radius 2 is 1.21 bits per heavy atom. The van der Waals surface area contributed by atoms with Gasteiger partial charge in [-0.25, -0.2) is 9.59 Å². The molecular formula is C16H12N2O4S2. The first kappa shape index (κ1) is 17.8. The summed E-state index contributed by atoms with van der Waals surface area (Å²) in [6, 6.07) is 10.8. The van der Waals surface area contributed by atoms with Crippen LogP contribution in [-0.4, -0.2) is 12.2 Å². The molecule has 0 amide bonds. The van der Waals surface area contributed by atoms with Crippen molar-refractivity contribution in [2.45, 2.75) is 23.6 Å². The molecule has 0 saturated heterocycles. The molecule has 2 rings (SSSR count). The normalized spacial score (nSPS) is 9.58. The van der Waals surface area contributed by atoms with Crippen molar-refractivity contribution in [1.82, 2.24) is 0 Å². The molecule has 0 spiro atoms. The first-order chi connectivity index (χ1) is 11.6. The summed E-state index contributed by atoms with van der Waals surface area (Å²) in [7, 11) is 3.05. The van der Waals surface area contributed by atoms with Gasteiger partial charge in [0.15, 0.2) is 11.5 Å². The minimum atomic E-state index is 0.459. The molecule has 0 bridgehead atoms. The third kappa shape index (κ3) is 5.01. The van der Waals surface area contributed by atoms with Crippen LogP contribution in [0.15, 0.2) is 56.5 Å². The predicted molar refractivity (Wildman–Crippen MR) is 91.6 cm³/mol. The van der Waals surface area contributed by atoms with Crippen LogP contribution >= 0.6 is 21.6 Å². The molecule has 0 saturated carbocycles. The number of aryl methyl sites for hydroxylation is 2. The molecule has 0 aliphatic carbocycles. The average molecular weight is 360 g/mol. The fourth-order valence-corrected chi connectivity index (χ4v) is 4.21. The molecule has 0 aliphatic heterocycles. The Morgan fingerprint density at radius 1 is 0.792 bits per heavy atom. The summed E-state index contributed by atoms with van der Waals surface area (Å²) in [4.78, 5) is 32.0. The number of benzene rings is 2. The second-order valence-corrected chi connectivity index (χ2v) is 6.78. The van der Waals surface area contributed by atoms with Gasteiger partial charge in [-0.3, -0.25) is 0 Å².